The number of fused-ring (bicyclic) bond motifs is 1. The van der Waals surface area contributed by atoms with E-state index in [0.717, 1.165) is 10.9 Å². The fourth-order valence-electron chi connectivity index (χ4n) is 4.29. The summed E-state index contributed by atoms with van der Waals surface area (Å²) in [7, 11) is -1.66. The summed E-state index contributed by atoms with van der Waals surface area (Å²) < 4.78 is 3.69. The Morgan fingerprint density at radius 1 is 1.10 bits per heavy atom. The van der Waals surface area contributed by atoms with Crippen LogP contribution in [0.5, 0.6) is 0 Å². The third kappa shape index (κ3) is 2.31. The van der Waals surface area contributed by atoms with Crippen molar-refractivity contribution in [1.29, 1.82) is 0 Å². The zero-order valence-corrected chi connectivity index (χ0v) is 16.0. The van der Waals surface area contributed by atoms with Gasteiger partial charge in [0.05, 0.1) is 16.3 Å². The van der Waals surface area contributed by atoms with E-state index in [9.17, 15) is 0 Å². The molecule has 0 unspecified atom stereocenters. The van der Waals surface area contributed by atoms with E-state index in [1.807, 2.05) is 6.20 Å². The lowest BCUT2D eigenvalue weighted by Gasteiger charge is -2.39. The Balaban J connectivity index is 2.59. The van der Waals surface area contributed by atoms with Crippen LogP contribution in [0.25, 0.3) is 0 Å². The molecule has 1 aliphatic rings. The minimum absolute atomic E-state index is 0.704. The number of hydrogen-bond donors (Lipinski definition) is 0. The maximum atomic E-state index is 4.74. The quantitative estimate of drug-likeness (QED) is 0.671. The third-order valence-electron chi connectivity index (χ3n) is 4.82. The average Bonchev–Trinajstić information content (AvgIpc) is 2.72. The molecule has 2 nitrogen and oxygen atoms in total. The summed E-state index contributed by atoms with van der Waals surface area (Å²) in [5.41, 5.74) is 3.47. The zero-order chi connectivity index (χ0) is 15.1. The van der Waals surface area contributed by atoms with Crippen LogP contribution in [-0.4, -0.2) is 23.7 Å². The number of hydrogen-bond acceptors (Lipinski definition) is 1. The van der Waals surface area contributed by atoms with E-state index < -0.39 is 8.24 Å². The highest BCUT2D eigenvalue weighted by atomic mass is 79.9. The van der Waals surface area contributed by atoms with Crippen molar-refractivity contribution in [2.24, 2.45) is 0 Å². The zero-order valence-electron chi connectivity index (χ0n) is 13.4. The summed E-state index contributed by atoms with van der Waals surface area (Å²) in [5.74, 6) is 1.20. The van der Waals surface area contributed by atoms with Gasteiger partial charge in [-0.25, -0.2) is 0 Å². The maximum Gasteiger partial charge on any atom is 0.312 e. The van der Waals surface area contributed by atoms with Crippen LogP contribution in [0.15, 0.2) is 16.7 Å². The van der Waals surface area contributed by atoms with Gasteiger partial charge in [0.2, 0.25) is 0 Å². The molecule has 2 heterocycles. The molecule has 0 amide bonds. The Bertz CT molecular complexity index is 514. The van der Waals surface area contributed by atoms with Gasteiger partial charge in [-0.05, 0) is 43.6 Å². The molecule has 0 saturated heterocycles. The molecule has 0 saturated carbocycles. The highest BCUT2D eigenvalue weighted by Crippen LogP contribution is 2.46. The minimum atomic E-state index is -1.66. The SMILES string of the molecule is CC(C)[Si](C(C)C)(C(C)C)[N+]1=CCc2cc(Br)cnc21. The van der Waals surface area contributed by atoms with E-state index in [-0.39, 0.29) is 0 Å². The van der Waals surface area contributed by atoms with Gasteiger partial charge in [0.1, 0.15) is 0 Å². The topological polar surface area (TPSA) is 15.9 Å². The monoisotopic (exact) mass is 353 g/mol. The second-order valence-electron chi connectivity index (χ2n) is 6.74. The molecule has 0 atom stereocenters. The van der Waals surface area contributed by atoms with Crippen LogP contribution in [0, 0.1) is 0 Å². The summed E-state index contributed by atoms with van der Waals surface area (Å²) >= 11 is 3.54. The van der Waals surface area contributed by atoms with Crippen LogP contribution in [0.4, 0.5) is 5.82 Å². The minimum Gasteiger partial charge on any atom is -0.283 e. The molecule has 0 spiro atoms. The van der Waals surface area contributed by atoms with Crippen molar-refractivity contribution in [2.45, 2.75) is 64.6 Å². The molecule has 0 bridgehead atoms. The summed E-state index contributed by atoms with van der Waals surface area (Å²) in [6.45, 7) is 14.4. The van der Waals surface area contributed by atoms with Crippen LogP contribution < -0.4 is 0 Å². The standard InChI is InChI=1S/C16H26BrN2Si/c1-11(2)20(12(3)4,13(5)6)19-8-7-14-9-15(17)10-18-16(14)19/h8-13H,7H2,1-6H3/q+1. The molecular formula is C16H26BrN2Si+. The first-order valence-corrected chi connectivity index (χ1v) is 10.6. The van der Waals surface area contributed by atoms with Crippen molar-refractivity contribution < 1.29 is 4.24 Å². The predicted octanol–water partition coefficient (Wildman–Crippen LogP) is 5.29. The predicted molar refractivity (Wildman–Crippen MR) is 92.7 cm³/mol. The van der Waals surface area contributed by atoms with E-state index in [1.165, 1.54) is 11.4 Å². The Kier molecular flexibility index (Phi) is 4.55. The molecular weight excluding hydrogens is 328 g/mol. The van der Waals surface area contributed by atoms with Gasteiger partial charge in [0, 0.05) is 6.42 Å². The highest BCUT2D eigenvalue weighted by Gasteiger charge is 2.54. The molecule has 4 heteroatoms. The van der Waals surface area contributed by atoms with E-state index in [1.54, 1.807) is 0 Å². The summed E-state index contributed by atoms with van der Waals surface area (Å²) in [4.78, 5) is 4.74. The Morgan fingerprint density at radius 2 is 1.65 bits per heavy atom. The van der Waals surface area contributed by atoms with Crippen molar-refractivity contribution >= 4 is 36.2 Å². The molecule has 1 aromatic heterocycles. The van der Waals surface area contributed by atoms with Crippen molar-refractivity contribution in [3.63, 3.8) is 0 Å². The fraction of sp³-hybridized carbons (Fsp3) is 0.625. The largest absolute Gasteiger partial charge is 0.312 e. The van der Waals surface area contributed by atoms with Crippen LogP contribution in [-0.2, 0) is 6.42 Å². The molecule has 110 valence electrons. The van der Waals surface area contributed by atoms with Crippen LogP contribution in [0.3, 0.4) is 0 Å². The van der Waals surface area contributed by atoms with E-state index in [0.29, 0.717) is 16.6 Å². The molecule has 0 N–H and O–H groups in total. The van der Waals surface area contributed by atoms with Gasteiger partial charge in [-0.15, -0.1) is 0 Å². The highest BCUT2D eigenvalue weighted by molar-refractivity contribution is 9.10. The van der Waals surface area contributed by atoms with Gasteiger partial charge >= 0.3 is 5.82 Å². The number of halogens is 1. The van der Waals surface area contributed by atoms with Gasteiger partial charge in [-0.2, -0.15) is 0 Å². The molecule has 1 aliphatic heterocycles. The third-order valence-corrected chi connectivity index (χ3v) is 12.0. The lowest BCUT2D eigenvalue weighted by atomic mass is 10.2. The number of aromatic nitrogens is 1. The molecule has 20 heavy (non-hydrogen) atoms. The van der Waals surface area contributed by atoms with Gasteiger partial charge in [0.25, 0.3) is 8.24 Å². The number of nitrogens with zero attached hydrogens (tertiary/aromatic N) is 2. The fourth-order valence-corrected chi connectivity index (χ4v) is 11.3. The molecule has 1 aromatic rings. The molecule has 0 radical (unpaired) electrons. The van der Waals surface area contributed by atoms with E-state index >= 15 is 0 Å². The van der Waals surface area contributed by atoms with Crippen LogP contribution in [0.1, 0.15) is 47.1 Å². The van der Waals surface area contributed by atoms with Gasteiger partial charge in [0.15, 0.2) is 6.20 Å². The first kappa shape index (κ1) is 15.9. The molecule has 0 fully saturated rings. The first-order valence-electron chi connectivity index (χ1n) is 7.58. The Morgan fingerprint density at radius 3 is 2.15 bits per heavy atom. The second-order valence-corrected chi connectivity index (χ2v) is 13.4. The Hall–Kier alpha value is -0.483. The maximum absolute atomic E-state index is 4.74. The second kappa shape index (κ2) is 5.72. The van der Waals surface area contributed by atoms with Gasteiger partial charge in [-0.1, -0.05) is 41.5 Å². The molecule has 0 aliphatic carbocycles. The smallest absolute Gasteiger partial charge is 0.283 e. The number of rotatable bonds is 4. The summed E-state index contributed by atoms with van der Waals surface area (Å²) in [5, 5.41) is 0. The van der Waals surface area contributed by atoms with Crippen LogP contribution in [0.2, 0.25) is 16.6 Å². The van der Waals surface area contributed by atoms with Crippen molar-refractivity contribution in [3.8, 4) is 0 Å². The first-order chi connectivity index (χ1) is 9.31. The summed E-state index contributed by atoms with van der Waals surface area (Å²) in [6, 6.07) is 2.22. The molecule has 0 aromatic carbocycles. The number of pyridine rings is 1. The lowest BCUT2D eigenvalue weighted by molar-refractivity contribution is -0.303. The van der Waals surface area contributed by atoms with Gasteiger partial charge < -0.3 is 0 Å². The normalized spacial score (nSPS) is 15.2. The average molecular weight is 354 g/mol. The van der Waals surface area contributed by atoms with Crippen molar-refractivity contribution in [3.05, 3.63) is 22.3 Å². The van der Waals surface area contributed by atoms with E-state index in [4.69, 9.17) is 4.98 Å². The van der Waals surface area contributed by atoms with Crippen molar-refractivity contribution in [2.75, 3.05) is 0 Å². The molecule has 2 rings (SSSR count). The van der Waals surface area contributed by atoms with E-state index in [2.05, 4.69) is 74.0 Å². The van der Waals surface area contributed by atoms with Crippen molar-refractivity contribution in [1.82, 2.24) is 4.98 Å². The lowest BCUT2D eigenvalue weighted by Crippen LogP contribution is -2.53. The van der Waals surface area contributed by atoms with Gasteiger partial charge in [-0.3, -0.25) is 4.24 Å². The summed E-state index contributed by atoms with van der Waals surface area (Å²) in [6.07, 6.45) is 5.35. The Labute approximate surface area is 132 Å². The van der Waals surface area contributed by atoms with Crippen LogP contribution >= 0.6 is 15.9 Å².